The van der Waals surface area contributed by atoms with Crippen molar-refractivity contribution in [1.82, 2.24) is 10.3 Å². The number of hydrogen-bond donors (Lipinski definition) is 2. The van der Waals surface area contributed by atoms with E-state index in [0.717, 1.165) is 18.6 Å². The molecule has 1 saturated heterocycles. The summed E-state index contributed by atoms with van der Waals surface area (Å²) in [6, 6.07) is 2.83. The van der Waals surface area contributed by atoms with Crippen LogP contribution in [-0.4, -0.2) is 48.4 Å². The molecule has 31 heavy (non-hydrogen) atoms. The number of carbonyl (C=O) groups is 4. The molecular formula is C19H18F2N4O5S. The van der Waals surface area contributed by atoms with E-state index >= 15 is 0 Å². The Morgan fingerprint density at radius 2 is 2.00 bits per heavy atom. The maximum Gasteiger partial charge on any atom is 0.312 e. The minimum absolute atomic E-state index is 0.00579. The van der Waals surface area contributed by atoms with Crippen molar-refractivity contribution in [1.29, 1.82) is 0 Å². The molecule has 2 N–H and O–H groups in total. The number of nitrogens with one attached hydrogen (secondary N) is 2. The first kappa shape index (κ1) is 22.3. The fourth-order valence-electron chi connectivity index (χ4n) is 2.71. The van der Waals surface area contributed by atoms with E-state index < -0.39 is 42.6 Å². The standard InChI is InChI=1S/C19H18F2N4O5S/c20-13-4-3-11(6-14(13)21)23-15(26)8-22-16(27)9-30-18(29)7-12-10-31-19(24-12)25-5-1-2-17(25)28/h3-4,6,10H,1-2,5,7-9H2,(H,22,27)(H,23,26). The molecule has 0 atom stereocenters. The number of rotatable bonds is 8. The van der Waals surface area contributed by atoms with Gasteiger partial charge in [0.05, 0.1) is 18.7 Å². The Morgan fingerprint density at radius 3 is 2.71 bits per heavy atom. The van der Waals surface area contributed by atoms with Crippen LogP contribution in [0.5, 0.6) is 0 Å². The number of aromatic nitrogens is 1. The molecular weight excluding hydrogens is 434 g/mol. The highest BCUT2D eigenvalue weighted by Gasteiger charge is 2.24. The van der Waals surface area contributed by atoms with E-state index in [1.165, 1.54) is 17.4 Å². The number of hydrogen-bond acceptors (Lipinski definition) is 7. The predicted molar refractivity (Wildman–Crippen MR) is 106 cm³/mol. The topological polar surface area (TPSA) is 118 Å². The monoisotopic (exact) mass is 452 g/mol. The van der Waals surface area contributed by atoms with E-state index in [2.05, 4.69) is 15.6 Å². The summed E-state index contributed by atoms with van der Waals surface area (Å²) in [6.45, 7) is -0.451. The molecule has 0 spiro atoms. The zero-order valence-corrected chi connectivity index (χ0v) is 17.0. The number of thiazole rings is 1. The summed E-state index contributed by atoms with van der Waals surface area (Å²) in [4.78, 5) is 52.9. The Kier molecular flexibility index (Phi) is 7.23. The van der Waals surface area contributed by atoms with Gasteiger partial charge in [-0.3, -0.25) is 24.1 Å². The summed E-state index contributed by atoms with van der Waals surface area (Å²) in [6.07, 6.45) is 1.08. The molecule has 0 bridgehead atoms. The Bertz CT molecular complexity index is 1010. The van der Waals surface area contributed by atoms with Crippen LogP contribution >= 0.6 is 11.3 Å². The van der Waals surface area contributed by atoms with Crippen molar-refractivity contribution in [2.45, 2.75) is 19.3 Å². The molecule has 1 aliphatic rings. The first-order valence-corrected chi connectivity index (χ1v) is 10.1. The second-order valence-electron chi connectivity index (χ2n) is 6.56. The van der Waals surface area contributed by atoms with Crippen molar-refractivity contribution < 1.29 is 32.7 Å². The first-order chi connectivity index (χ1) is 14.8. The molecule has 1 aliphatic heterocycles. The maximum atomic E-state index is 13.1. The van der Waals surface area contributed by atoms with Gasteiger partial charge in [-0.1, -0.05) is 0 Å². The number of esters is 1. The third kappa shape index (κ3) is 6.28. The maximum absolute atomic E-state index is 13.1. The molecule has 2 heterocycles. The van der Waals surface area contributed by atoms with Crippen LogP contribution < -0.4 is 15.5 Å². The summed E-state index contributed by atoms with van der Waals surface area (Å²) in [5.74, 6) is -4.24. The molecule has 9 nitrogen and oxygen atoms in total. The van der Waals surface area contributed by atoms with Gasteiger partial charge in [0.2, 0.25) is 11.8 Å². The van der Waals surface area contributed by atoms with Crippen molar-refractivity contribution in [3.8, 4) is 0 Å². The number of carbonyl (C=O) groups excluding carboxylic acids is 4. The lowest BCUT2D eigenvalue weighted by Gasteiger charge is -2.10. The Labute approximate surface area is 179 Å². The van der Waals surface area contributed by atoms with Crippen molar-refractivity contribution in [3.05, 3.63) is 40.9 Å². The zero-order valence-electron chi connectivity index (χ0n) is 16.2. The number of amides is 3. The summed E-state index contributed by atoms with van der Waals surface area (Å²) in [5, 5.41) is 6.70. The predicted octanol–water partition coefficient (Wildman–Crippen LogP) is 1.39. The summed E-state index contributed by atoms with van der Waals surface area (Å²) in [7, 11) is 0. The van der Waals surface area contributed by atoms with Crippen LogP contribution in [0.4, 0.5) is 19.6 Å². The smallest absolute Gasteiger partial charge is 0.312 e. The molecule has 0 aliphatic carbocycles. The van der Waals surface area contributed by atoms with E-state index in [4.69, 9.17) is 4.74 Å². The molecule has 0 saturated carbocycles. The largest absolute Gasteiger partial charge is 0.455 e. The number of halogens is 2. The average molecular weight is 452 g/mol. The molecule has 1 aromatic carbocycles. The Balaban J connectivity index is 1.36. The highest BCUT2D eigenvalue weighted by atomic mass is 32.1. The summed E-state index contributed by atoms with van der Waals surface area (Å²) >= 11 is 1.25. The van der Waals surface area contributed by atoms with Crippen LogP contribution in [0.25, 0.3) is 0 Å². The Morgan fingerprint density at radius 1 is 1.19 bits per heavy atom. The lowest BCUT2D eigenvalue weighted by Crippen LogP contribution is -2.35. The van der Waals surface area contributed by atoms with Gasteiger partial charge in [-0.05, 0) is 18.6 Å². The van der Waals surface area contributed by atoms with Crippen LogP contribution in [0, 0.1) is 11.6 Å². The van der Waals surface area contributed by atoms with Gasteiger partial charge in [0.15, 0.2) is 23.4 Å². The van der Waals surface area contributed by atoms with Crippen LogP contribution in [-0.2, 0) is 30.3 Å². The fourth-order valence-corrected chi connectivity index (χ4v) is 3.57. The van der Waals surface area contributed by atoms with Crippen molar-refractivity contribution in [2.24, 2.45) is 0 Å². The second kappa shape index (κ2) is 10.1. The van der Waals surface area contributed by atoms with Gasteiger partial charge < -0.3 is 15.4 Å². The lowest BCUT2D eigenvalue weighted by atomic mass is 10.3. The molecule has 1 aromatic heterocycles. The average Bonchev–Trinajstić information content (AvgIpc) is 3.36. The lowest BCUT2D eigenvalue weighted by molar-refractivity contribution is -0.147. The van der Waals surface area contributed by atoms with Gasteiger partial charge in [0.25, 0.3) is 5.91 Å². The van der Waals surface area contributed by atoms with Crippen molar-refractivity contribution in [3.63, 3.8) is 0 Å². The number of benzene rings is 1. The third-order valence-corrected chi connectivity index (χ3v) is 5.10. The van der Waals surface area contributed by atoms with Crippen LogP contribution in [0.2, 0.25) is 0 Å². The molecule has 3 amide bonds. The molecule has 2 aromatic rings. The SMILES string of the molecule is O=C(COC(=O)Cc1csc(N2CCCC2=O)n1)NCC(=O)Nc1ccc(F)c(F)c1. The van der Waals surface area contributed by atoms with E-state index in [1.807, 2.05) is 0 Å². The van der Waals surface area contributed by atoms with E-state index in [9.17, 15) is 28.0 Å². The minimum atomic E-state index is -1.12. The van der Waals surface area contributed by atoms with Crippen LogP contribution in [0.3, 0.4) is 0 Å². The van der Waals surface area contributed by atoms with Crippen LogP contribution in [0.15, 0.2) is 23.6 Å². The van der Waals surface area contributed by atoms with Gasteiger partial charge in [0, 0.05) is 30.1 Å². The summed E-state index contributed by atoms with van der Waals surface area (Å²) < 4.78 is 30.8. The van der Waals surface area contributed by atoms with E-state index in [-0.39, 0.29) is 18.0 Å². The third-order valence-electron chi connectivity index (χ3n) is 4.18. The van der Waals surface area contributed by atoms with E-state index in [1.54, 1.807) is 10.3 Å². The number of nitrogens with zero attached hydrogens (tertiary/aromatic N) is 2. The highest BCUT2D eigenvalue weighted by molar-refractivity contribution is 7.14. The normalized spacial score (nSPS) is 13.2. The summed E-state index contributed by atoms with van der Waals surface area (Å²) in [5.41, 5.74) is 0.457. The zero-order chi connectivity index (χ0) is 22.4. The van der Waals surface area contributed by atoms with Crippen molar-refractivity contribution >= 4 is 45.8 Å². The molecule has 3 rings (SSSR count). The highest BCUT2D eigenvalue weighted by Crippen LogP contribution is 2.25. The van der Waals surface area contributed by atoms with Gasteiger partial charge in [-0.15, -0.1) is 11.3 Å². The quantitative estimate of drug-likeness (QED) is 0.585. The molecule has 164 valence electrons. The molecule has 12 heteroatoms. The first-order valence-electron chi connectivity index (χ1n) is 9.24. The van der Waals surface area contributed by atoms with Gasteiger partial charge >= 0.3 is 5.97 Å². The molecule has 1 fully saturated rings. The van der Waals surface area contributed by atoms with Crippen LogP contribution in [0.1, 0.15) is 18.5 Å². The number of ether oxygens (including phenoxy) is 1. The Hall–Kier alpha value is -3.41. The van der Waals surface area contributed by atoms with Gasteiger partial charge in [0.1, 0.15) is 0 Å². The fraction of sp³-hybridized carbons (Fsp3) is 0.316. The molecule has 0 radical (unpaired) electrons. The minimum Gasteiger partial charge on any atom is -0.455 e. The van der Waals surface area contributed by atoms with Crippen molar-refractivity contribution in [2.75, 3.05) is 29.9 Å². The van der Waals surface area contributed by atoms with Gasteiger partial charge in [-0.2, -0.15) is 0 Å². The van der Waals surface area contributed by atoms with Gasteiger partial charge in [-0.25, -0.2) is 13.8 Å². The van der Waals surface area contributed by atoms with E-state index in [0.29, 0.717) is 23.8 Å². The molecule has 0 unspecified atom stereocenters. The second-order valence-corrected chi connectivity index (χ2v) is 7.40. The number of anilines is 2.